The van der Waals surface area contributed by atoms with E-state index < -0.39 is 14.6 Å². The summed E-state index contributed by atoms with van der Waals surface area (Å²) in [5, 5.41) is 3.38. The van der Waals surface area contributed by atoms with Crippen LogP contribution in [-0.4, -0.2) is 56.5 Å². The number of guanidine groups is 1. The molecular formula is C19H32IN3O3S. The maximum absolute atomic E-state index is 12.2. The van der Waals surface area contributed by atoms with E-state index in [1.165, 1.54) is 0 Å². The number of nitrogens with zero attached hydrogens (tertiary/aromatic N) is 2. The molecule has 1 aliphatic heterocycles. The fourth-order valence-corrected chi connectivity index (χ4v) is 4.39. The van der Waals surface area contributed by atoms with E-state index in [2.05, 4.69) is 29.4 Å². The van der Waals surface area contributed by atoms with Gasteiger partial charge in [0.05, 0.1) is 17.1 Å². The Morgan fingerprint density at radius 2 is 1.96 bits per heavy atom. The van der Waals surface area contributed by atoms with Gasteiger partial charge in [-0.3, -0.25) is 4.99 Å². The SMILES string of the molecule is CCCOCc1ccccc1CNC(=NC)N1CCS(=O)(=O)C(C)(C)C1.I. The molecule has 1 fully saturated rings. The quantitative estimate of drug-likeness (QED) is 0.277. The molecule has 1 aliphatic rings. The summed E-state index contributed by atoms with van der Waals surface area (Å²) in [7, 11) is -1.33. The van der Waals surface area contributed by atoms with Crippen molar-refractivity contribution in [1.29, 1.82) is 0 Å². The highest BCUT2D eigenvalue weighted by molar-refractivity contribution is 14.0. The molecule has 0 spiro atoms. The highest BCUT2D eigenvalue weighted by Gasteiger charge is 2.40. The van der Waals surface area contributed by atoms with Crippen molar-refractivity contribution in [3.63, 3.8) is 0 Å². The van der Waals surface area contributed by atoms with Crippen LogP contribution in [0.15, 0.2) is 29.3 Å². The van der Waals surface area contributed by atoms with Gasteiger partial charge in [-0.25, -0.2) is 8.42 Å². The normalized spacial score (nSPS) is 18.7. The van der Waals surface area contributed by atoms with Gasteiger partial charge in [-0.2, -0.15) is 0 Å². The molecule has 154 valence electrons. The summed E-state index contributed by atoms with van der Waals surface area (Å²) >= 11 is 0. The number of ether oxygens (including phenoxy) is 1. The highest BCUT2D eigenvalue weighted by Crippen LogP contribution is 2.23. The minimum absolute atomic E-state index is 0. The zero-order chi connectivity index (χ0) is 19.2. The van der Waals surface area contributed by atoms with Crippen molar-refractivity contribution in [2.45, 2.75) is 45.1 Å². The van der Waals surface area contributed by atoms with Crippen LogP contribution in [0, 0.1) is 0 Å². The van der Waals surface area contributed by atoms with E-state index in [1.54, 1.807) is 20.9 Å². The number of hydrogen-bond acceptors (Lipinski definition) is 4. The Bertz CT molecular complexity index is 735. The molecule has 1 heterocycles. The minimum atomic E-state index is -3.06. The molecule has 1 aromatic carbocycles. The van der Waals surface area contributed by atoms with Gasteiger partial charge in [0.2, 0.25) is 0 Å². The van der Waals surface area contributed by atoms with E-state index in [0.29, 0.717) is 26.2 Å². The van der Waals surface area contributed by atoms with Gasteiger partial charge < -0.3 is 15.0 Å². The van der Waals surface area contributed by atoms with Crippen molar-refractivity contribution in [3.05, 3.63) is 35.4 Å². The van der Waals surface area contributed by atoms with Crippen LogP contribution in [0.2, 0.25) is 0 Å². The number of hydrogen-bond donors (Lipinski definition) is 1. The Labute approximate surface area is 180 Å². The number of rotatable bonds is 6. The number of sulfone groups is 1. The Morgan fingerprint density at radius 3 is 2.56 bits per heavy atom. The molecule has 0 radical (unpaired) electrons. The van der Waals surface area contributed by atoms with Gasteiger partial charge in [-0.05, 0) is 31.4 Å². The third-order valence-electron chi connectivity index (χ3n) is 4.72. The second-order valence-corrected chi connectivity index (χ2v) is 9.97. The first-order chi connectivity index (χ1) is 12.3. The maximum atomic E-state index is 12.2. The summed E-state index contributed by atoms with van der Waals surface area (Å²) in [5.74, 6) is 0.888. The first-order valence-corrected chi connectivity index (χ1v) is 10.8. The van der Waals surface area contributed by atoms with Crippen LogP contribution in [-0.2, 0) is 27.7 Å². The summed E-state index contributed by atoms with van der Waals surface area (Å²) in [6.07, 6.45) is 1.00. The number of halogens is 1. The molecule has 1 aromatic rings. The van der Waals surface area contributed by atoms with Crippen LogP contribution in [0.4, 0.5) is 0 Å². The van der Waals surface area contributed by atoms with Gasteiger partial charge >= 0.3 is 0 Å². The molecular weight excluding hydrogens is 477 g/mol. The van der Waals surface area contributed by atoms with Crippen LogP contribution >= 0.6 is 24.0 Å². The zero-order valence-electron chi connectivity index (χ0n) is 16.7. The molecule has 0 aromatic heterocycles. The van der Waals surface area contributed by atoms with Crippen LogP contribution < -0.4 is 5.32 Å². The molecule has 0 amide bonds. The molecule has 0 aliphatic carbocycles. The molecule has 6 nitrogen and oxygen atoms in total. The molecule has 1 saturated heterocycles. The van der Waals surface area contributed by atoms with Gasteiger partial charge in [-0.1, -0.05) is 31.2 Å². The van der Waals surface area contributed by atoms with E-state index in [-0.39, 0.29) is 29.7 Å². The van der Waals surface area contributed by atoms with Crippen molar-refractivity contribution < 1.29 is 13.2 Å². The monoisotopic (exact) mass is 509 g/mol. The summed E-state index contributed by atoms with van der Waals surface area (Å²) in [6.45, 7) is 8.53. The van der Waals surface area contributed by atoms with Crippen LogP contribution in [0.5, 0.6) is 0 Å². The van der Waals surface area contributed by atoms with Crippen molar-refractivity contribution in [2.75, 3.05) is 32.5 Å². The van der Waals surface area contributed by atoms with Gasteiger partial charge in [0, 0.05) is 33.3 Å². The average molecular weight is 509 g/mol. The first kappa shape index (κ1) is 24.2. The van der Waals surface area contributed by atoms with Crippen LogP contribution in [0.3, 0.4) is 0 Å². The molecule has 27 heavy (non-hydrogen) atoms. The van der Waals surface area contributed by atoms with Crippen LogP contribution in [0.25, 0.3) is 0 Å². The predicted molar refractivity (Wildman–Crippen MR) is 121 cm³/mol. The maximum Gasteiger partial charge on any atom is 0.193 e. The minimum Gasteiger partial charge on any atom is -0.377 e. The van der Waals surface area contributed by atoms with E-state index in [4.69, 9.17) is 4.74 Å². The van der Waals surface area contributed by atoms with E-state index in [1.807, 2.05) is 17.0 Å². The van der Waals surface area contributed by atoms with E-state index >= 15 is 0 Å². The van der Waals surface area contributed by atoms with Gasteiger partial charge in [0.25, 0.3) is 0 Å². The third kappa shape index (κ3) is 6.32. The summed E-state index contributed by atoms with van der Waals surface area (Å²) in [4.78, 5) is 6.38. The smallest absolute Gasteiger partial charge is 0.193 e. The number of aliphatic imine (C=N–C) groups is 1. The van der Waals surface area contributed by atoms with Crippen molar-refractivity contribution >= 4 is 39.8 Å². The highest BCUT2D eigenvalue weighted by atomic mass is 127. The lowest BCUT2D eigenvalue weighted by Crippen LogP contribution is -2.57. The van der Waals surface area contributed by atoms with Gasteiger partial charge in [0.15, 0.2) is 15.8 Å². The summed E-state index contributed by atoms with van der Waals surface area (Å²) in [5.41, 5.74) is 2.32. The van der Waals surface area contributed by atoms with E-state index in [0.717, 1.165) is 30.1 Å². The van der Waals surface area contributed by atoms with Crippen molar-refractivity contribution in [3.8, 4) is 0 Å². The molecule has 0 saturated carbocycles. The molecule has 0 bridgehead atoms. The lowest BCUT2D eigenvalue weighted by Gasteiger charge is -2.39. The topological polar surface area (TPSA) is 71.0 Å². The Morgan fingerprint density at radius 1 is 1.30 bits per heavy atom. The van der Waals surface area contributed by atoms with Crippen LogP contribution in [0.1, 0.15) is 38.3 Å². The fourth-order valence-electron chi connectivity index (χ4n) is 3.03. The van der Waals surface area contributed by atoms with Gasteiger partial charge in [0.1, 0.15) is 0 Å². The van der Waals surface area contributed by atoms with E-state index in [9.17, 15) is 8.42 Å². The summed E-state index contributed by atoms with van der Waals surface area (Å²) in [6, 6.07) is 8.18. The zero-order valence-corrected chi connectivity index (χ0v) is 19.8. The third-order valence-corrected chi connectivity index (χ3v) is 7.25. The molecule has 0 unspecified atom stereocenters. The molecule has 2 rings (SSSR count). The number of benzene rings is 1. The second kappa shape index (κ2) is 10.6. The summed E-state index contributed by atoms with van der Waals surface area (Å²) < 4.78 is 29.3. The molecule has 8 heteroatoms. The molecule has 1 N–H and O–H groups in total. The molecule has 0 atom stereocenters. The lowest BCUT2D eigenvalue weighted by atomic mass is 10.1. The van der Waals surface area contributed by atoms with Crippen molar-refractivity contribution in [1.82, 2.24) is 10.2 Å². The van der Waals surface area contributed by atoms with Crippen molar-refractivity contribution in [2.24, 2.45) is 4.99 Å². The average Bonchev–Trinajstić information content (AvgIpc) is 2.60. The predicted octanol–water partition coefficient (Wildman–Crippen LogP) is 2.82. The second-order valence-electron chi connectivity index (χ2n) is 7.22. The Hall–Kier alpha value is -0.870. The first-order valence-electron chi connectivity index (χ1n) is 9.13. The standard InChI is InChI=1S/C19H31N3O3S.HI/c1-5-11-25-14-17-9-7-6-8-16(17)13-21-18(20-4)22-10-12-26(23,24)19(2,3)15-22;/h6-9H,5,10-15H2,1-4H3,(H,20,21);1H. The largest absolute Gasteiger partial charge is 0.377 e. The Balaban J connectivity index is 0.00000364. The number of nitrogens with one attached hydrogen (secondary N) is 1. The lowest BCUT2D eigenvalue weighted by molar-refractivity contribution is 0.121. The Kier molecular flexibility index (Phi) is 9.50. The van der Waals surface area contributed by atoms with Gasteiger partial charge in [-0.15, -0.1) is 24.0 Å². The fraction of sp³-hybridized carbons (Fsp3) is 0.632.